The van der Waals surface area contributed by atoms with Crippen LogP contribution < -0.4 is 5.32 Å². The Morgan fingerprint density at radius 3 is 1.56 bits per heavy atom. The molecule has 0 aromatic rings. The first-order chi connectivity index (χ1) is 23.5. The summed E-state index contributed by atoms with van der Waals surface area (Å²) in [6, 6.07) is 0. The molecule has 1 amide bonds. The molecule has 0 aliphatic heterocycles. The van der Waals surface area contributed by atoms with Gasteiger partial charge in [0.2, 0.25) is 5.91 Å². The molecule has 2 N–H and O–H groups in total. The van der Waals surface area contributed by atoms with Crippen molar-refractivity contribution in [3.8, 4) is 0 Å². The summed E-state index contributed by atoms with van der Waals surface area (Å²) in [6.07, 6.45) is 46.8. The molecule has 276 valence electrons. The summed E-state index contributed by atoms with van der Waals surface area (Å²) < 4.78 is 5.90. The fourth-order valence-corrected chi connectivity index (χ4v) is 5.49. The largest absolute Gasteiger partial charge is 0.480 e. The molecule has 1 atom stereocenters. The molecule has 0 aliphatic carbocycles. The standard InChI is InChI=1S/C42H73NO5/c1-3-5-7-9-11-13-14-15-16-17-18-19-20-21-23-29-33-37-42(47)48-39(34-30-26-22-12-10-8-6-4-2)35-31-27-24-25-28-32-36-40(44)43-38-41(45)46/h11-13,15-16,22,30,34,39H,3-10,14,17-21,23-29,31-33,35-38H2,1-2H3,(H,43,44)(H,45,46)/b13-11-,16-15-,22-12-,34-30-. The van der Waals surface area contributed by atoms with E-state index in [1.807, 2.05) is 0 Å². The molecule has 0 heterocycles. The van der Waals surface area contributed by atoms with Crippen molar-refractivity contribution in [2.24, 2.45) is 0 Å². The number of ether oxygens (including phenoxy) is 1. The Labute approximate surface area is 295 Å². The molecular weight excluding hydrogens is 598 g/mol. The van der Waals surface area contributed by atoms with Gasteiger partial charge in [0.1, 0.15) is 12.6 Å². The number of allylic oxidation sites excluding steroid dienone is 7. The normalized spacial score (nSPS) is 12.5. The summed E-state index contributed by atoms with van der Waals surface area (Å²) in [6.45, 7) is 4.15. The summed E-state index contributed by atoms with van der Waals surface area (Å²) >= 11 is 0. The van der Waals surface area contributed by atoms with E-state index in [0.717, 1.165) is 77.0 Å². The molecule has 0 bridgehead atoms. The molecule has 0 spiro atoms. The van der Waals surface area contributed by atoms with Gasteiger partial charge >= 0.3 is 11.9 Å². The number of hydrogen-bond donors (Lipinski definition) is 2. The molecule has 0 aromatic heterocycles. The zero-order valence-electron chi connectivity index (χ0n) is 31.1. The summed E-state index contributed by atoms with van der Waals surface area (Å²) in [5, 5.41) is 11.0. The highest BCUT2D eigenvalue weighted by Gasteiger charge is 2.11. The number of amides is 1. The average Bonchev–Trinajstić information content (AvgIpc) is 3.07. The number of rotatable bonds is 35. The number of aliphatic carboxylic acids is 1. The number of nitrogens with one attached hydrogen (secondary N) is 1. The van der Waals surface area contributed by atoms with E-state index in [1.165, 1.54) is 83.5 Å². The number of carbonyl (C=O) groups excluding carboxylic acids is 2. The molecule has 6 heteroatoms. The minimum absolute atomic E-state index is 0.0801. The zero-order chi connectivity index (χ0) is 35.2. The highest BCUT2D eigenvalue weighted by Crippen LogP contribution is 2.15. The van der Waals surface area contributed by atoms with Crippen LogP contribution in [0.1, 0.15) is 187 Å². The van der Waals surface area contributed by atoms with E-state index in [-0.39, 0.29) is 24.5 Å². The third kappa shape index (κ3) is 36.2. The number of unbranched alkanes of at least 4 members (excludes halogenated alkanes) is 18. The molecule has 0 aromatic carbocycles. The first-order valence-electron chi connectivity index (χ1n) is 19.8. The Bertz CT molecular complexity index is 875. The third-order valence-corrected chi connectivity index (χ3v) is 8.46. The van der Waals surface area contributed by atoms with Gasteiger partial charge in [-0.15, -0.1) is 0 Å². The van der Waals surface area contributed by atoms with Crippen molar-refractivity contribution in [3.63, 3.8) is 0 Å². The Kier molecular flexibility index (Phi) is 35.2. The van der Waals surface area contributed by atoms with Gasteiger partial charge in [0.25, 0.3) is 0 Å². The van der Waals surface area contributed by atoms with E-state index in [4.69, 9.17) is 9.84 Å². The van der Waals surface area contributed by atoms with Crippen LogP contribution in [-0.2, 0) is 19.1 Å². The SMILES string of the molecule is CCCCC/C=C\C/C=C\CCCCCCCCCC(=O)OC(/C=C\C/C=C\CCCCC)CCCCCCCCC(=O)NCC(=O)O. The lowest BCUT2D eigenvalue weighted by Gasteiger charge is -2.14. The monoisotopic (exact) mass is 672 g/mol. The van der Waals surface area contributed by atoms with Crippen molar-refractivity contribution in [2.75, 3.05) is 6.54 Å². The fraction of sp³-hybridized carbons (Fsp3) is 0.738. The number of carbonyl (C=O) groups is 3. The lowest BCUT2D eigenvalue weighted by atomic mass is 10.1. The van der Waals surface area contributed by atoms with Gasteiger partial charge in [-0.3, -0.25) is 14.4 Å². The second-order valence-corrected chi connectivity index (χ2v) is 13.2. The molecule has 0 radical (unpaired) electrons. The maximum absolute atomic E-state index is 12.6. The van der Waals surface area contributed by atoms with E-state index in [0.29, 0.717) is 12.8 Å². The van der Waals surface area contributed by atoms with Crippen molar-refractivity contribution >= 4 is 17.8 Å². The Hall–Kier alpha value is -2.63. The van der Waals surface area contributed by atoms with E-state index in [9.17, 15) is 14.4 Å². The minimum atomic E-state index is -1.02. The van der Waals surface area contributed by atoms with Crippen molar-refractivity contribution in [1.29, 1.82) is 0 Å². The number of esters is 1. The Balaban J connectivity index is 4.15. The van der Waals surface area contributed by atoms with Gasteiger partial charge in [-0.05, 0) is 83.1 Å². The highest BCUT2D eigenvalue weighted by atomic mass is 16.5. The fourth-order valence-electron chi connectivity index (χ4n) is 5.49. The third-order valence-electron chi connectivity index (χ3n) is 8.46. The van der Waals surface area contributed by atoms with Gasteiger partial charge in [-0.2, -0.15) is 0 Å². The number of carboxylic acids is 1. The first-order valence-corrected chi connectivity index (χ1v) is 19.8. The van der Waals surface area contributed by atoms with Gasteiger partial charge in [0, 0.05) is 12.8 Å². The van der Waals surface area contributed by atoms with Gasteiger partial charge in [0.15, 0.2) is 0 Å². The van der Waals surface area contributed by atoms with Crippen LogP contribution >= 0.6 is 0 Å². The van der Waals surface area contributed by atoms with E-state index < -0.39 is 5.97 Å². The van der Waals surface area contributed by atoms with Crippen molar-refractivity contribution in [3.05, 3.63) is 48.6 Å². The topological polar surface area (TPSA) is 92.7 Å². The van der Waals surface area contributed by atoms with Gasteiger partial charge in [-0.1, -0.05) is 140 Å². The van der Waals surface area contributed by atoms with Crippen LogP contribution in [0.15, 0.2) is 48.6 Å². The molecule has 0 rings (SSSR count). The van der Waals surface area contributed by atoms with Gasteiger partial charge in [-0.25, -0.2) is 0 Å². The van der Waals surface area contributed by atoms with E-state index in [2.05, 4.69) is 67.8 Å². The number of carboxylic acid groups (broad SMARTS) is 1. The summed E-state index contributed by atoms with van der Waals surface area (Å²) in [5.41, 5.74) is 0. The van der Waals surface area contributed by atoms with Crippen LogP contribution in [0.25, 0.3) is 0 Å². The van der Waals surface area contributed by atoms with Crippen LogP contribution in [0.2, 0.25) is 0 Å². The highest BCUT2D eigenvalue weighted by molar-refractivity contribution is 5.80. The molecule has 0 aliphatic rings. The Morgan fingerprint density at radius 2 is 1.02 bits per heavy atom. The molecule has 1 unspecified atom stereocenters. The van der Waals surface area contributed by atoms with Crippen molar-refractivity contribution in [2.45, 2.75) is 193 Å². The maximum Gasteiger partial charge on any atom is 0.322 e. The summed E-state index contributed by atoms with van der Waals surface area (Å²) in [4.78, 5) is 34.8. The minimum Gasteiger partial charge on any atom is -0.480 e. The second kappa shape index (κ2) is 37.2. The van der Waals surface area contributed by atoms with Gasteiger partial charge in [0.05, 0.1) is 0 Å². The second-order valence-electron chi connectivity index (χ2n) is 13.2. The molecule has 0 saturated heterocycles. The van der Waals surface area contributed by atoms with Crippen molar-refractivity contribution in [1.82, 2.24) is 5.32 Å². The molecule has 0 fully saturated rings. The predicted octanol–water partition coefficient (Wildman–Crippen LogP) is 11.9. The first kappa shape index (κ1) is 45.4. The summed E-state index contributed by atoms with van der Waals surface area (Å²) in [7, 11) is 0. The lowest BCUT2D eigenvalue weighted by Crippen LogP contribution is -2.28. The molecule has 48 heavy (non-hydrogen) atoms. The molecular formula is C42H73NO5. The van der Waals surface area contributed by atoms with Gasteiger partial charge < -0.3 is 15.2 Å². The Morgan fingerprint density at radius 1 is 0.562 bits per heavy atom. The number of hydrogen-bond acceptors (Lipinski definition) is 4. The quantitative estimate of drug-likeness (QED) is 0.0397. The van der Waals surface area contributed by atoms with Crippen molar-refractivity contribution < 1.29 is 24.2 Å². The average molecular weight is 672 g/mol. The predicted molar refractivity (Wildman–Crippen MR) is 203 cm³/mol. The van der Waals surface area contributed by atoms with Crippen LogP contribution in [0.5, 0.6) is 0 Å². The summed E-state index contributed by atoms with van der Waals surface area (Å²) in [5.74, 6) is -1.30. The molecule has 0 saturated carbocycles. The smallest absolute Gasteiger partial charge is 0.322 e. The molecule has 6 nitrogen and oxygen atoms in total. The van der Waals surface area contributed by atoms with Crippen LogP contribution in [0.4, 0.5) is 0 Å². The van der Waals surface area contributed by atoms with Crippen LogP contribution in [0.3, 0.4) is 0 Å². The van der Waals surface area contributed by atoms with Crippen LogP contribution in [0, 0.1) is 0 Å². The lowest BCUT2D eigenvalue weighted by molar-refractivity contribution is -0.147. The van der Waals surface area contributed by atoms with Crippen LogP contribution in [-0.4, -0.2) is 35.6 Å². The van der Waals surface area contributed by atoms with E-state index >= 15 is 0 Å². The maximum atomic E-state index is 12.6. The van der Waals surface area contributed by atoms with E-state index in [1.54, 1.807) is 0 Å². The zero-order valence-corrected chi connectivity index (χ0v) is 31.1.